The number of nitrogens with zero attached hydrogens (tertiary/aromatic N) is 1. The van der Waals surface area contributed by atoms with Crippen LogP contribution in [0.5, 0.6) is 0 Å². The SMILES string of the molecule is CN(CC(=O)N[C@H]1CCc2ccccc2C1)C(=O)c1ccsc1. The molecule has 2 aromatic rings. The number of aryl methyl sites for hydroxylation is 1. The van der Waals surface area contributed by atoms with Crippen LogP contribution in [0.3, 0.4) is 0 Å². The molecule has 23 heavy (non-hydrogen) atoms. The zero-order valence-corrected chi connectivity index (χ0v) is 13.9. The van der Waals surface area contributed by atoms with Crippen molar-refractivity contribution in [1.82, 2.24) is 10.2 Å². The minimum absolute atomic E-state index is 0.0901. The van der Waals surface area contributed by atoms with Crippen LogP contribution >= 0.6 is 11.3 Å². The molecule has 120 valence electrons. The fourth-order valence-electron chi connectivity index (χ4n) is 2.99. The van der Waals surface area contributed by atoms with Crippen molar-refractivity contribution in [3.63, 3.8) is 0 Å². The predicted octanol–water partition coefficient (Wildman–Crippen LogP) is 2.49. The Morgan fingerprint density at radius 3 is 2.78 bits per heavy atom. The van der Waals surface area contributed by atoms with Gasteiger partial charge in [0.05, 0.1) is 12.1 Å². The molecule has 0 aliphatic heterocycles. The number of thiophene rings is 1. The van der Waals surface area contributed by atoms with E-state index in [4.69, 9.17) is 0 Å². The van der Waals surface area contributed by atoms with Gasteiger partial charge in [0.25, 0.3) is 5.91 Å². The lowest BCUT2D eigenvalue weighted by Gasteiger charge is -2.26. The molecule has 4 nitrogen and oxygen atoms in total. The predicted molar refractivity (Wildman–Crippen MR) is 91.7 cm³/mol. The topological polar surface area (TPSA) is 49.4 Å². The van der Waals surface area contributed by atoms with Crippen LogP contribution < -0.4 is 5.32 Å². The maximum Gasteiger partial charge on any atom is 0.254 e. The number of carbonyl (C=O) groups is 2. The van der Waals surface area contributed by atoms with E-state index >= 15 is 0 Å². The summed E-state index contributed by atoms with van der Waals surface area (Å²) in [6.45, 7) is 0.0901. The molecule has 1 atom stereocenters. The Labute approximate surface area is 140 Å². The van der Waals surface area contributed by atoms with Crippen molar-refractivity contribution in [1.29, 1.82) is 0 Å². The van der Waals surface area contributed by atoms with E-state index in [9.17, 15) is 9.59 Å². The number of carbonyl (C=O) groups excluding carboxylic acids is 2. The first-order chi connectivity index (χ1) is 11.1. The summed E-state index contributed by atoms with van der Waals surface area (Å²) in [6.07, 6.45) is 2.81. The number of hydrogen-bond acceptors (Lipinski definition) is 3. The van der Waals surface area contributed by atoms with E-state index in [-0.39, 0.29) is 24.4 Å². The highest BCUT2D eigenvalue weighted by atomic mass is 32.1. The van der Waals surface area contributed by atoms with Gasteiger partial charge in [-0.1, -0.05) is 24.3 Å². The molecule has 1 N–H and O–H groups in total. The standard InChI is InChI=1S/C18H20N2O2S/c1-20(18(22)15-8-9-23-12-15)11-17(21)19-16-7-6-13-4-2-3-5-14(13)10-16/h2-5,8-9,12,16H,6-7,10-11H2,1H3,(H,19,21)/t16-/m0/s1. The van der Waals surface area contributed by atoms with Crippen molar-refractivity contribution < 1.29 is 9.59 Å². The van der Waals surface area contributed by atoms with Crippen molar-refractivity contribution in [3.8, 4) is 0 Å². The summed E-state index contributed by atoms with van der Waals surface area (Å²) in [5, 5.41) is 6.72. The lowest BCUT2D eigenvalue weighted by Crippen LogP contribution is -2.44. The maximum atomic E-state index is 12.2. The summed E-state index contributed by atoms with van der Waals surface area (Å²) in [4.78, 5) is 25.8. The van der Waals surface area contributed by atoms with Gasteiger partial charge < -0.3 is 10.2 Å². The van der Waals surface area contributed by atoms with Gasteiger partial charge in [-0.3, -0.25) is 9.59 Å². The number of amides is 2. The molecular weight excluding hydrogens is 308 g/mol. The molecule has 2 amide bonds. The van der Waals surface area contributed by atoms with E-state index in [1.54, 1.807) is 18.5 Å². The zero-order valence-electron chi connectivity index (χ0n) is 13.1. The first-order valence-corrected chi connectivity index (χ1v) is 8.71. The molecule has 0 saturated heterocycles. The Morgan fingerprint density at radius 2 is 2.04 bits per heavy atom. The second-order valence-electron chi connectivity index (χ2n) is 5.95. The first-order valence-electron chi connectivity index (χ1n) is 7.77. The van der Waals surface area contributed by atoms with Crippen LogP contribution in [0.2, 0.25) is 0 Å². The zero-order chi connectivity index (χ0) is 16.2. The smallest absolute Gasteiger partial charge is 0.254 e. The van der Waals surface area contributed by atoms with Gasteiger partial charge in [0, 0.05) is 18.5 Å². The quantitative estimate of drug-likeness (QED) is 0.937. The fraction of sp³-hybridized carbons (Fsp3) is 0.333. The molecule has 0 saturated carbocycles. The fourth-order valence-corrected chi connectivity index (χ4v) is 3.62. The van der Waals surface area contributed by atoms with Crippen LogP contribution in [0.15, 0.2) is 41.1 Å². The van der Waals surface area contributed by atoms with Gasteiger partial charge in [-0.2, -0.15) is 11.3 Å². The largest absolute Gasteiger partial charge is 0.351 e. The Hall–Kier alpha value is -2.14. The van der Waals surface area contributed by atoms with Crippen molar-refractivity contribution in [2.24, 2.45) is 0 Å². The summed E-state index contributed by atoms with van der Waals surface area (Å²) in [6, 6.07) is 10.3. The molecule has 1 heterocycles. The lowest BCUT2D eigenvalue weighted by molar-refractivity contribution is -0.122. The monoisotopic (exact) mass is 328 g/mol. The van der Waals surface area contributed by atoms with E-state index in [1.807, 2.05) is 11.4 Å². The van der Waals surface area contributed by atoms with E-state index in [0.717, 1.165) is 19.3 Å². The molecule has 5 heteroatoms. The molecule has 1 aliphatic rings. The average molecular weight is 328 g/mol. The highest BCUT2D eigenvalue weighted by molar-refractivity contribution is 7.08. The van der Waals surface area contributed by atoms with E-state index < -0.39 is 0 Å². The van der Waals surface area contributed by atoms with Crippen LogP contribution in [0.4, 0.5) is 0 Å². The van der Waals surface area contributed by atoms with Crippen molar-refractivity contribution in [2.45, 2.75) is 25.3 Å². The molecule has 3 rings (SSSR count). The van der Waals surface area contributed by atoms with Crippen molar-refractivity contribution in [2.75, 3.05) is 13.6 Å². The molecular formula is C18H20N2O2S. The third-order valence-corrected chi connectivity index (χ3v) is 4.89. The molecule has 0 spiro atoms. The normalized spacial score (nSPS) is 16.5. The number of likely N-dealkylation sites (N-methyl/N-ethyl adjacent to an activating group) is 1. The van der Waals surface area contributed by atoms with Gasteiger partial charge in [0.15, 0.2) is 0 Å². The van der Waals surface area contributed by atoms with Crippen LogP contribution in [0.25, 0.3) is 0 Å². The van der Waals surface area contributed by atoms with Gasteiger partial charge in [-0.05, 0) is 41.8 Å². The van der Waals surface area contributed by atoms with E-state index in [2.05, 4.69) is 23.5 Å². The van der Waals surface area contributed by atoms with E-state index in [1.165, 1.54) is 27.4 Å². The number of benzene rings is 1. The second kappa shape index (κ2) is 6.96. The third kappa shape index (κ3) is 3.79. The Kier molecular flexibility index (Phi) is 4.76. The number of hydrogen-bond donors (Lipinski definition) is 1. The molecule has 1 aromatic heterocycles. The summed E-state index contributed by atoms with van der Waals surface area (Å²) in [5.41, 5.74) is 3.33. The molecule has 1 aliphatic carbocycles. The summed E-state index contributed by atoms with van der Waals surface area (Å²) >= 11 is 1.48. The van der Waals surface area contributed by atoms with Crippen LogP contribution in [0.1, 0.15) is 27.9 Å². The maximum absolute atomic E-state index is 12.2. The Bertz CT molecular complexity index is 697. The lowest BCUT2D eigenvalue weighted by atomic mass is 9.88. The van der Waals surface area contributed by atoms with Gasteiger partial charge in [0.2, 0.25) is 5.91 Å². The molecule has 1 aromatic carbocycles. The minimum atomic E-state index is -0.115. The van der Waals surface area contributed by atoms with Crippen molar-refractivity contribution in [3.05, 3.63) is 57.8 Å². The van der Waals surface area contributed by atoms with Gasteiger partial charge >= 0.3 is 0 Å². The van der Waals surface area contributed by atoms with Gasteiger partial charge in [-0.15, -0.1) is 0 Å². The van der Waals surface area contributed by atoms with Crippen LogP contribution in [0, 0.1) is 0 Å². The van der Waals surface area contributed by atoms with E-state index in [0.29, 0.717) is 5.56 Å². The van der Waals surface area contributed by atoms with Crippen molar-refractivity contribution >= 4 is 23.2 Å². The van der Waals surface area contributed by atoms with Crippen LogP contribution in [-0.2, 0) is 17.6 Å². The minimum Gasteiger partial charge on any atom is -0.351 e. The highest BCUT2D eigenvalue weighted by Crippen LogP contribution is 2.21. The summed E-state index contributed by atoms with van der Waals surface area (Å²) < 4.78 is 0. The third-order valence-electron chi connectivity index (χ3n) is 4.21. The second-order valence-corrected chi connectivity index (χ2v) is 6.73. The number of rotatable bonds is 4. The average Bonchev–Trinajstić information content (AvgIpc) is 3.08. The molecule has 0 fully saturated rings. The first kappa shape index (κ1) is 15.7. The molecule has 0 unspecified atom stereocenters. The Balaban J connectivity index is 1.53. The van der Waals surface area contributed by atoms with Crippen LogP contribution in [-0.4, -0.2) is 36.3 Å². The van der Waals surface area contributed by atoms with Gasteiger partial charge in [0.1, 0.15) is 0 Å². The summed E-state index contributed by atoms with van der Waals surface area (Å²) in [5.74, 6) is -0.212. The number of nitrogens with one attached hydrogen (secondary N) is 1. The highest BCUT2D eigenvalue weighted by Gasteiger charge is 2.21. The number of fused-ring (bicyclic) bond motifs is 1. The van der Waals surface area contributed by atoms with Gasteiger partial charge in [-0.25, -0.2) is 0 Å². The summed E-state index contributed by atoms with van der Waals surface area (Å²) in [7, 11) is 1.66. The Morgan fingerprint density at radius 1 is 1.26 bits per heavy atom. The molecule has 0 radical (unpaired) electrons. The molecule has 0 bridgehead atoms.